The van der Waals surface area contributed by atoms with E-state index < -0.39 is 0 Å². The number of hydrogen-bond donors (Lipinski definition) is 2. The lowest BCUT2D eigenvalue weighted by Crippen LogP contribution is -2.33. The first-order chi connectivity index (χ1) is 9.13. The molecule has 2 aromatic heterocycles. The molecule has 19 heavy (non-hydrogen) atoms. The van der Waals surface area contributed by atoms with Crippen LogP contribution < -0.4 is 5.32 Å². The lowest BCUT2D eigenvalue weighted by Gasteiger charge is -2.33. The van der Waals surface area contributed by atoms with Crippen molar-refractivity contribution < 1.29 is 0 Å². The molecule has 2 heterocycles. The number of halogens is 1. The molecule has 102 valence electrons. The number of nitrogens with zero attached hydrogens (tertiary/aromatic N) is 3. The van der Waals surface area contributed by atoms with E-state index in [0.717, 1.165) is 17.1 Å². The summed E-state index contributed by atoms with van der Waals surface area (Å²) in [4.78, 5) is 8.42. The van der Waals surface area contributed by atoms with Gasteiger partial charge in [-0.3, -0.25) is 5.10 Å². The van der Waals surface area contributed by atoms with Crippen molar-refractivity contribution in [3.05, 3.63) is 11.5 Å². The molecular weight excluding hydrogens is 262 g/mol. The molecule has 6 heteroatoms. The summed E-state index contributed by atoms with van der Waals surface area (Å²) < 4.78 is 0. The van der Waals surface area contributed by atoms with Crippen molar-refractivity contribution in [3.8, 4) is 0 Å². The topological polar surface area (TPSA) is 66.5 Å². The fraction of sp³-hybridized carbons (Fsp3) is 0.615. The second kappa shape index (κ2) is 4.96. The molecule has 3 atom stereocenters. The minimum atomic E-state index is 0.246. The molecular formula is C13H18ClN5. The Hall–Kier alpha value is -1.36. The smallest absolute Gasteiger partial charge is 0.226 e. The molecule has 0 aliphatic heterocycles. The Labute approximate surface area is 117 Å². The third-order valence-corrected chi connectivity index (χ3v) is 4.21. The zero-order valence-corrected chi connectivity index (χ0v) is 11.9. The highest BCUT2D eigenvalue weighted by Crippen LogP contribution is 2.31. The summed E-state index contributed by atoms with van der Waals surface area (Å²) in [5.41, 5.74) is 0.680. The normalized spacial score (nSPS) is 27.6. The molecule has 5 nitrogen and oxygen atoms in total. The van der Waals surface area contributed by atoms with Crippen molar-refractivity contribution in [3.63, 3.8) is 0 Å². The van der Waals surface area contributed by atoms with Crippen LogP contribution >= 0.6 is 11.6 Å². The van der Waals surface area contributed by atoms with E-state index in [4.69, 9.17) is 11.6 Å². The van der Waals surface area contributed by atoms with E-state index >= 15 is 0 Å². The molecule has 0 aromatic carbocycles. The van der Waals surface area contributed by atoms with Gasteiger partial charge < -0.3 is 5.32 Å². The molecule has 3 unspecified atom stereocenters. The highest BCUT2D eigenvalue weighted by Gasteiger charge is 2.26. The van der Waals surface area contributed by atoms with Crippen molar-refractivity contribution in [2.75, 3.05) is 5.32 Å². The third-order valence-electron chi connectivity index (χ3n) is 4.04. The van der Waals surface area contributed by atoms with Gasteiger partial charge in [0.1, 0.15) is 5.82 Å². The zero-order valence-electron chi connectivity index (χ0n) is 11.2. The molecule has 0 saturated heterocycles. The molecule has 0 radical (unpaired) electrons. The second-order valence-electron chi connectivity index (χ2n) is 5.62. The molecule has 3 rings (SSSR count). The van der Waals surface area contributed by atoms with Crippen LogP contribution in [0.25, 0.3) is 11.0 Å². The Morgan fingerprint density at radius 2 is 2.16 bits per heavy atom. The minimum Gasteiger partial charge on any atom is -0.366 e. The average molecular weight is 280 g/mol. The van der Waals surface area contributed by atoms with Crippen molar-refractivity contribution in [2.45, 2.75) is 39.2 Å². The summed E-state index contributed by atoms with van der Waals surface area (Å²) in [6.07, 6.45) is 5.42. The van der Waals surface area contributed by atoms with E-state index in [1.807, 2.05) is 0 Å². The van der Waals surface area contributed by atoms with Gasteiger partial charge in [0.05, 0.1) is 11.6 Å². The first-order valence-corrected chi connectivity index (χ1v) is 7.14. The highest BCUT2D eigenvalue weighted by molar-refractivity contribution is 6.28. The zero-order chi connectivity index (χ0) is 13.4. The third kappa shape index (κ3) is 2.52. The maximum Gasteiger partial charge on any atom is 0.226 e. The molecule has 1 aliphatic rings. The average Bonchev–Trinajstić information content (AvgIpc) is 2.80. The monoisotopic (exact) mass is 279 g/mol. The first kappa shape index (κ1) is 12.7. The molecule has 1 saturated carbocycles. The van der Waals surface area contributed by atoms with Gasteiger partial charge in [0.25, 0.3) is 0 Å². The van der Waals surface area contributed by atoms with Crippen LogP contribution in [0.3, 0.4) is 0 Å². The van der Waals surface area contributed by atoms with E-state index in [1.165, 1.54) is 19.3 Å². The van der Waals surface area contributed by atoms with Crippen LogP contribution in [0, 0.1) is 11.8 Å². The number of aromatic amines is 1. The fourth-order valence-electron chi connectivity index (χ4n) is 2.97. The summed E-state index contributed by atoms with van der Waals surface area (Å²) in [7, 11) is 0. The van der Waals surface area contributed by atoms with Gasteiger partial charge in [0.15, 0.2) is 5.65 Å². The van der Waals surface area contributed by atoms with E-state index in [-0.39, 0.29) is 5.28 Å². The van der Waals surface area contributed by atoms with Gasteiger partial charge >= 0.3 is 0 Å². The molecule has 0 spiro atoms. The van der Waals surface area contributed by atoms with Crippen LogP contribution in [0.5, 0.6) is 0 Å². The SMILES string of the molecule is CC1CCC(Nc2nc(Cl)nc3[nH]ncc23)C(C)C1. The summed E-state index contributed by atoms with van der Waals surface area (Å²) >= 11 is 5.95. The molecule has 2 aromatic rings. The summed E-state index contributed by atoms with van der Waals surface area (Å²) in [5, 5.41) is 11.5. The highest BCUT2D eigenvalue weighted by atomic mass is 35.5. The number of aromatic nitrogens is 4. The molecule has 0 amide bonds. The van der Waals surface area contributed by atoms with Crippen molar-refractivity contribution in [1.82, 2.24) is 20.2 Å². The van der Waals surface area contributed by atoms with Crippen molar-refractivity contribution >= 4 is 28.5 Å². The summed E-state index contributed by atoms with van der Waals surface area (Å²) in [6.45, 7) is 4.62. The van der Waals surface area contributed by atoms with Gasteiger partial charge in [-0.2, -0.15) is 15.1 Å². The van der Waals surface area contributed by atoms with Gasteiger partial charge in [-0.05, 0) is 42.7 Å². The summed E-state index contributed by atoms with van der Waals surface area (Å²) in [5.74, 6) is 2.24. The van der Waals surface area contributed by atoms with E-state index in [0.29, 0.717) is 17.6 Å². The van der Waals surface area contributed by atoms with E-state index in [2.05, 4.69) is 39.3 Å². The number of fused-ring (bicyclic) bond motifs is 1. The van der Waals surface area contributed by atoms with Crippen molar-refractivity contribution in [2.24, 2.45) is 11.8 Å². The van der Waals surface area contributed by atoms with Gasteiger partial charge in [-0.15, -0.1) is 0 Å². The predicted molar refractivity (Wildman–Crippen MR) is 76.3 cm³/mol. The van der Waals surface area contributed by atoms with Gasteiger partial charge in [0, 0.05) is 6.04 Å². The fourth-order valence-corrected chi connectivity index (χ4v) is 3.14. The molecule has 0 bridgehead atoms. The predicted octanol–water partition coefficient (Wildman–Crippen LogP) is 3.24. The standard InChI is InChI=1S/C13H18ClN5/c1-7-3-4-10(8(2)5-7)16-11-9-6-15-19-12(9)18-13(14)17-11/h6-8,10H,3-5H2,1-2H3,(H2,15,16,17,18,19). The van der Waals surface area contributed by atoms with Crippen LogP contribution in [0.4, 0.5) is 5.82 Å². The molecule has 2 N–H and O–H groups in total. The maximum absolute atomic E-state index is 5.95. The second-order valence-corrected chi connectivity index (χ2v) is 5.96. The van der Waals surface area contributed by atoms with Gasteiger partial charge in [0.2, 0.25) is 5.28 Å². The van der Waals surface area contributed by atoms with E-state index in [9.17, 15) is 0 Å². The Bertz CT molecular complexity index is 581. The Balaban J connectivity index is 1.86. The van der Waals surface area contributed by atoms with Crippen LogP contribution in [-0.2, 0) is 0 Å². The van der Waals surface area contributed by atoms with Gasteiger partial charge in [-0.25, -0.2) is 0 Å². The minimum absolute atomic E-state index is 0.246. The Kier molecular flexibility index (Phi) is 3.31. The lowest BCUT2D eigenvalue weighted by atomic mass is 9.80. The number of hydrogen-bond acceptors (Lipinski definition) is 4. The summed E-state index contributed by atoms with van der Waals surface area (Å²) in [6, 6.07) is 0.445. The van der Waals surface area contributed by atoms with Crippen LogP contribution in [0.2, 0.25) is 5.28 Å². The van der Waals surface area contributed by atoms with Crippen molar-refractivity contribution in [1.29, 1.82) is 0 Å². The number of rotatable bonds is 2. The largest absolute Gasteiger partial charge is 0.366 e. The van der Waals surface area contributed by atoms with Crippen LogP contribution in [-0.4, -0.2) is 26.2 Å². The maximum atomic E-state index is 5.95. The Morgan fingerprint density at radius 3 is 2.95 bits per heavy atom. The number of anilines is 1. The quantitative estimate of drug-likeness (QED) is 0.828. The van der Waals surface area contributed by atoms with Gasteiger partial charge in [-0.1, -0.05) is 13.8 Å². The molecule has 1 aliphatic carbocycles. The number of nitrogens with one attached hydrogen (secondary N) is 2. The Morgan fingerprint density at radius 1 is 1.32 bits per heavy atom. The van der Waals surface area contributed by atoms with Crippen LogP contribution in [0.15, 0.2) is 6.20 Å². The molecule has 1 fully saturated rings. The van der Waals surface area contributed by atoms with E-state index in [1.54, 1.807) is 6.20 Å². The first-order valence-electron chi connectivity index (χ1n) is 6.76. The van der Waals surface area contributed by atoms with Crippen LogP contribution in [0.1, 0.15) is 33.1 Å². The lowest BCUT2D eigenvalue weighted by molar-refractivity contribution is 0.276. The number of H-pyrrole nitrogens is 1.